The molecule has 0 atom stereocenters. The number of hydrogen-bond donors (Lipinski definition) is 3. The summed E-state index contributed by atoms with van der Waals surface area (Å²) in [5.41, 5.74) is 7.72. The van der Waals surface area contributed by atoms with Gasteiger partial charge < -0.3 is 20.8 Å². The second-order valence-corrected chi connectivity index (χ2v) is 7.26. The molecular weight excluding hydrogens is 420 g/mol. The van der Waals surface area contributed by atoms with E-state index in [9.17, 15) is 18.4 Å². The van der Waals surface area contributed by atoms with E-state index in [-0.39, 0.29) is 22.7 Å². The van der Waals surface area contributed by atoms with Crippen LogP contribution in [0, 0.1) is 18.6 Å². The summed E-state index contributed by atoms with van der Waals surface area (Å²) in [4.78, 5) is 27.7. The highest BCUT2D eigenvalue weighted by Gasteiger charge is 2.24. The SMILES string of the molecule is CCCc1c(NC(=O)c2[nH]c(C)c(C(N)=O)c2CC)cnn1-c1cc(F)c(OC)cc1F. The van der Waals surface area contributed by atoms with Gasteiger partial charge in [-0.25, -0.2) is 13.5 Å². The van der Waals surface area contributed by atoms with Crippen LogP contribution in [0.1, 0.15) is 58.1 Å². The van der Waals surface area contributed by atoms with Crippen molar-refractivity contribution in [1.82, 2.24) is 14.8 Å². The summed E-state index contributed by atoms with van der Waals surface area (Å²) in [6.45, 7) is 5.39. The molecule has 0 aliphatic heterocycles. The summed E-state index contributed by atoms with van der Waals surface area (Å²) < 4.78 is 34.9. The first-order valence-corrected chi connectivity index (χ1v) is 10.2. The lowest BCUT2D eigenvalue weighted by Crippen LogP contribution is -2.17. The first-order valence-electron chi connectivity index (χ1n) is 10.2. The third-order valence-corrected chi connectivity index (χ3v) is 5.17. The van der Waals surface area contributed by atoms with Crippen LogP contribution in [-0.4, -0.2) is 33.7 Å². The van der Waals surface area contributed by atoms with E-state index >= 15 is 0 Å². The first kappa shape index (κ1) is 23.0. The van der Waals surface area contributed by atoms with Crippen LogP contribution in [0.25, 0.3) is 5.69 Å². The van der Waals surface area contributed by atoms with Crippen LogP contribution in [0.2, 0.25) is 0 Å². The van der Waals surface area contributed by atoms with Crippen LogP contribution in [0.5, 0.6) is 5.75 Å². The van der Waals surface area contributed by atoms with Crippen LogP contribution < -0.4 is 15.8 Å². The van der Waals surface area contributed by atoms with Gasteiger partial charge in [0.25, 0.3) is 11.8 Å². The van der Waals surface area contributed by atoms with Crippen molar-refractivity contribution in [3.63, 3.8) is 0 Å². The normalized spacial score (nSPS) is 10.9. The molecule has 3 rings (SSSR count). The van der Waals surface area contributed by atoms with Gasteiger partial charge in [-0.3, -0.25) is 9.59 Å². The fraction of sp³-hybridized carbons (Fsp3) is 0.318. The highest BCUT2D eigenvalue weighted by atomic mass is 19.1. The van der Waals surface area contributed by atoms with Gasteiger partial charge in [-0.1, -0.05) is 20.3 Å². The standard InChI is InChI=1S/C22H25F2N5O3/c1-5-7-16-15(10-26-29(16)17-8-14(24)18(32-4)9-13(17)23)28-22(31)20-12(6-2)19(21(25)30)11(3)27-20/h8-10,27H,5-7H2,1-4H3,(H2,25,30)(H,28,31). The average molecular weight is 445 g/mol. The molecule has 0 aliphatic carbocycles. The summed E-state index contributed by atoms with van der Waals surface area (Å²) >= 11 is 0. The van der Waals surface area contributed by atoms with Gasteiger partial charge in [0.15, 0.2) is 17.4 Å². The van der Waals surface area contributed by atoms with Crippen molar-refractivity contribution in [1.29, 1.82) is 0 Å². The molecule has 0 spiro atoms. The van der Waals surface area contributed by atoms with Gasteiger partial charge in [0.1, 0.15) is 11.4 Å². The Hall–Kier alpha value is -3.69. The number of nitrogens with two attached hydrogens (primary N) is 1. The highest BCUT2D eigenvalue weighted by molar-refractivity contribution is 6.07. The maximum absolute atomic E-state index is 14.6. The number of aromatic nitrogens is 3. The second kappa shape index (κ2) is 9.21. The number of amides is 2. The quantitative estimate of drug-likeness (QED) is 0.491. The number of carbonyl (C=O) groups excluding carboxylic acids is 2. The largest absolute Gasteiger partial charge is 0.494 e. The van der Waals surface area contributed by atoms with Gasteiger partial charge in [0, 0.05) is 17.8 Å². The number of benzene rings is 1. The predicted molar refractivity (Wildman–Crippen MR) is 115 cm³/mol. The topological polar surface area (TPSA) is 115 Å². The number of ether oxygens (including phenoxy) is 1. The molecule has 2 amide bonds. The van der Waals surface area contributed by atoms with Crippen molar-refractivity contribution >= 4 is 17.5 Å². The van der Waals surface area contributed by atoms with Crippen molar-refractivity contribution in [2.24, 2.45) is 5.73 Å². The Morgan fingerprint density at radius 1 is 1.25 bits per heavy atom. The number of rotatable bonds is 8. The van der Waals surface area contributed by atoms with Crippen LogP contribution >= 0.6 is 0 Å². The monoisotopic (exact) mass is 445 g/mol. The Balaban J connectivity index is 2.02. The third kappa shape index (κ3) is 4.08. The third-order valence-electron chi connectivity index (χ3n) is 5.17. The van der Waals surface area contributed by atoms with Gasteiger partial charge in [0.05, 0.1) is 30.3 Å². The fourth-order valence-corrected chi connectivity index (χ4v) is 3.74. The molecule has 10 heteroatoms. The molecule has 2 heterocycles. The van der Waals surface area contributed by atoms with Crippen molar-refractivity contribution in [3.05, 3.63) is 58.2 Å². The molecule has 0 unspecified atom stereocenters. The second-order valence-electron chi connectivity index (χ2n) is 7.26. The van der Waals surface area contributed by atoms with Gasteiger partial charge in [-0.15, -0.1) is 0 Å². The maximum atomic E-state index is 14.6. The number of carbonyl (C=O) groups is 2. The molecule has 0 saturated heterocycles. The maximum Gasteiger partial charge on any atom is 0.272 e. The van der Waals surface area contributed by atoms with Crippen molar-refractivity contribution in [3.8, 4) is 11.4 Å². The molecule has 1 aromatic carbocycles. The van der Waals surface area contributed by atoms with E-state index in [1.807, 2.05) is 13.8 Å². The lowest BCUT2D eigenvalue weighted by atomic mass is 10.1. The number of nitrogens with zero attached hydrogens (tertiary/aromatic N) is 2. The lowest BCUT2D eigenvalue weighted by Gasteiger charge is -2.12. The summed E-state index contributed by atoms with van der Waals surface area (Å²) in [6, 6.07) is 1.94. The number of halogens is 2. The zero-order valence-corrected chi connectivity index (χ0v) is 18.3. The predicted octanol–water partition coefficient (Wildman–Crippen LogP) is 3.66. The summed E-state index contributed by atoms with van der Waals surface area (Å²) in [5, 5.41) is 6.94. The van der Waals surface area contributed by atoms with Gasteiger partial charge in [-0.2, -0.15) is 5.10 Å². The Labute approximate surface area is 183 Å². The van der Waals surface area contributed by atoms with E-state index in [0.717, 1.165) is 12.1 Å². The molecule has 170 valence electrons. The van der Waals surface area contributed by atoms with Crippen molar-refractivity contribution in [2.45, 2.75) is 40.0 Å². The first-order chi connectivity index (χ1) is 15.2. The minimum absolute atomic E-state index is 0.103. The minimum Gasteiger partial charge on any atom is -0.494 e. The summed E-state index contributed by atoms with van der Waals surface area (Å²) in [6.07, 6.45) is 2.91. The molecule has 0 aliphatic rings. The molecule has 8 nitrogen and oxygen atoms in total. The number of aromatic amines is 1. The number of hydrogen-bond acceptors (Lipinski definition) is 4. The van der Waals surface area contributed by atoms with Crippen LogP contribution in [-0.2, 0) is 12.8 Å². The molecule has 2 aromatic heterocycles. The number of nitrogens with one attached hydrogen (secondary N) is 2. The van der Waals surface area contributed by atoms with Crippen LogP contribution in [0.15, 0.2) is 18.3 Å². The smallest absolute Gasteiger partial charge is 0.272 e. The Kier molecular flexibility index (Phi) is 6.61. The fourth-order valence-electron chi connectivity index (χ4n) is 3.74. The van der Waals surface area contributed by atoms with Gasteiger partial charge in [0.2, 0.25) is 0 Å². The van der Waals surface area contributed by atoms with E-state index in [1.165, 1.54) is 18.0 Å². The molecule has 32 heavy (non-hydrogen) atoms. The molecule has 0 fully saturated rings. The Bertz CT molecular complexity index is 1180. The van der Waals surface area contributed by atoms with E-state index in [0.29, 0.717) is 41.9 Å². The van der Waals surface area contributed by atoms with Crippen molar-refractivity contribution < 1.29 is 23.1 Å². The lowest BCUT2D eigenvalue weighted by molar-refractivity contribution is 0.0998. The molecule has 0 radical (unpaired) electrons. The molecule has 3 aromatic rings. The molecule has 4 N–H and O–H groups in total. The van der Waals surface area contributed by atoms with E-state index in [1.54, 1.807) is 6.92 Å². The summed E-state index contributed by atoms with van der Waals surface area (Å²) in [7, 11) is 1.25. The number of aryl methyl sites for hydroxylation is 1. The molecule has 0 bridgehead atoms. The van der Waals surface area contributed by atoms with Gasteiger partial charge >= 0.3 is 0 Å². The van der Waals surface area contributed by atoms with E-state index in [4.69, 9.17) is 10.5 Å². The summed E-state index contributed by atoms with van der Waals surface area (Å²) in [5.74, 6) is -2.79. The zero-order valence-electron chi connectivity index (χ0n) is 18.3. The number of anilines is 1. The highest BCUT2D eigenvalue weighted by Crippen LogP contribution is 2.28. The molecular formula is C22H25F2N5O3. The Morgan fingerprint density at radius 3 is 2.56 bits per heavy atom. The van der Waals surface area contributed by atoms with E-state index < -0.39 is 23.4 Å². The molecule has 0 saturated carbocycles. The van der Waals surface area contributed by atoms with Crippen LogP contribution in [0.4, 0.5) is 14.5 Å². The van der Waals surface area contributed by atoms with E-state index in [2.05, 4.69) is 15.4 Å². The minimum atomic E-state index is -0.735. The number of H-pyrrole nitrogens is 1. The van der Waals surface area contributed by atoms with Crippen molar-refractivity contribution in [2.75, 3.05) is 12.4 Å². The number of methoxy groups -OCH3 is 1. The average Bonchev–Trinajstić information content (AvgIpc) is 3.30. The number of primary amides is 1. The van der Waals surface area contributed by atoms with Crippen LogP contribution in [0.3, 0.4) is 0 Å². The zero-order chi connectivity index (χ0) is 23.6. The van der Waals surface area contributed by atoms with Gasteiger partial charge in [-0.05, 0) is 25.3 Å². The Morgan fingerprint density at radius 2 is 1.97 bits per heavy atom.